The van der Waals surface area contributed by atoms with E-state index in [0.29, 0.717) is 48.2 Å². The molecule has 0 saturated heterocycles. The summed E-state index contributed by atoms with van der Waals surface area (Å²) in [6.07, 6.45) is 0.177. The highest BCUT2D eigenvalue weighted by atomic mass is 35.5. The number of carbonyl (C=O) groups excluding carboxylic acids is 3. The molecule has 3 rings (SSSR count). The lowest BCUT2D eigenvalue weighted by molar-refractivity contribution is -0.151. The van der Waals surface area contributed by atoms with Gasteiger partial charge in [-0.15, -0.1) is 0 Å². The average Bonchev–Trinajstić information content (AvgIpc) is 2.84. The summed E-state index contributed by atoms with van der Waals surface area (Å²) in [4.78, 5) is 46.3. The van der Waals surface area contributed by atoms with Crippen molar-refractivity contribution in [3.05, 3.63) is 64.7 Å². The fraction of sp³-hybridized carbons (Fsp3) is 0.429. The van der Waals surface area contributed by atoms with Crippen LogP contribution in [0.1, 0.15) is 56.1 Å². The van der Waals surface area contributed by atoms with Gasteiger partial charge in [-0.2, -0.15) is 0 Å². The Labute approximate surface area is 223 Å². The van der Waals surface area contributed by atoms with Gasteiger partial charge in [0.25, 0.3) is 5.91 Å². The van der Waals surface area contributed by atoms with Crippen molar-refractivity contribution in [1.29, 1.82) is 0 Å². The van der Waals surface area contributed by atoms with Crippen molar-refractivity contribution in [2.45, 2.75) is 46.3 Å². The van der Waals surface area contributed by atoms with Crippen LogP contribution in [0.5, 0.6) is 5.75 Å². The number of nitrogens with zero attached hydrogens (tertiary/aromatic N) is 3. The van der Waals surface area contributed by atoms with Crippen LogP contribution in [0.2, 0.25) is 5.02 Å². The molecule has 0 saturated carbocycles. The number of carbonyl (C=O) groups is 3. The van der Waals surface area contributed by atoms with Crippen molar-refractivity contribution in [3.63, 3.8) is 0 Å². The zero-order valence-electron chi connectivity index (χ0n) is 21.9. The molecule has 0 N–H and O–H groups in total. The lowest BCUT2D eigenvalue weighted by atomic mass is 9.86. The smallest absolute Gasteiger partial charge is 0.344 e. The predicted molar refractivity (Wildman–Crippen MR) is 143 cm³/mol. The molecule has 0 aromatic heterocycles. The molecule has 2 aromatic rings. The number of urea groups is 1. The van der Waals surface area contributed by atoms with Gasteiger partial charge in [0.2, 0.25) is 0 Å². The summed E-state index contributed by atoms with van der Waals surface area (Å²) in [7, 11) is 1.72. The second-order valence-electron chi connectivity index (χ2n) is 9.23. The molecule has 2 aromatic carbocycles. The molecule has 1 aliphatic rings. The van der Waals surface area contributed by atoms with E-state index in [0.717, 1.165) is 5.56 Å². The predicted octanol–water partition coefficient (Wildman–Crippen LogP) is 5.41. The summed E-state index contributed by atoms with van der Waals surface area (Å²) < 4.78 is 11.0. The molecule has 9 heteroatoms. The van der Waals surface area contributed by atoms with Gasteiger partial charge in [-0.25, -0.2) is 9.79 Å². The van der Waals surface area contributed by atoms with Crippen LogP contribution in [-0.2, 0) is 9.53 Å². The molecule has 0 bridgehead atoms. The molecule has 198 valence electrons. The number of amides is 3. The zero-order chi connectivity index (χ0) is 27.1. The van der Waals surface area contributed by atoms with Gasteiger partial charge in [-0.3, -0.25) is 9.59 Å². The molecule has 0 radical (unpaired) electrons. The topological polar surface area (TPSA) is 88.5 Å². The molecular formula is C28H34ClN3O5. The van der Waals surface area contributed by atoms with E-state index >= 15 is 0 Å². The first kappa shape index (κ1) is 28.2. The molecule has 0 fully saturated rings. The fourth-order valence-electron chi connectivity index (χ4n) is 4.38. The summed E-state index contributed by atoms with van der Waals surface area (Å²) in [6, 6.07) is 13.1. The van der Waals surface area contributed by atoms with E-state index in [-0.39, 0.29) is 12.0 Å². The molecule has 2 atom stereocenters. The Morgan fingerprint density at radius 3 is 2.49 bits per heavy atom. The Hall–Kier alpha value is -3.39. The Morgan fingerprint density at radius 2 is 1.86 bits per heavy atom. The van der Waals surface area contributed by atoms with E-state index < -0.39 is 24.0 Å². The lowest BCUT2D eigenvalue weighted by Crippen LogP contribution is -2.48. The first-order valence-corrected chi connectivity index (χ1v) is 12.8. The molecule has 8 nitrogen and oxygen atoms in total. The van der Waals surface area contributed by atoms with Crippen LogP contribution in [0.25, 0.3) is 0 Å². The van der Waals surface area contributed by atoms with Crippen molar-refractivity contribution >= 4 is 35.2 Å². The van der Waals surface area contributed by atoms with Gasteiger partial charge in [0.1, 0.15) is 11.7 Å². The zero-order valence-corrected chi connectivity index (χ0v) is 22.7. The maximum atomic E-state index is 13.1. The third-order valence-electron chi connectivity index (χ3n) is 6.07. The molecule has 3 amide bonds. The normalized spacial score (nSPS) is 17.4. The third kappa shape index (κ3) is 7.10. The van der Waals surface area contributed by atoms with Crippen LogP contribution in [0.3, 0.4) is 0 Å². The maximum absolute atomic E-state index is 13.1. The van der Waals surface area contributed by atoms with Gasteiger partial charge < -0.3 is 19.3 Å². The number of esters is 1. The minimum atomic E-state index is -0.762. The van der Waals surface area contributed by atoms with E-state index in [1.165, 1.54) is 0 Å². The summed E-state index contributed by atoms with van der Waals surface area (Å²) in [5, 5.41) is 0.502. The van der Waals surface area contributed by atoms with Crippen LogP contribution in [-0.4, -0.2) is 66.3 Å². The number of hydrogen-bond acceptors (Lipinski definition) is 5. The van der Waals surface area contributed by atoms with Crippen LogP contribution in [0.15, 0.2) is 53.5 Å². The molecule has 0 spiro atoms. The molecular weight excluding hydrogens is 494 g/mol. The van der Waals surface area contributed by atoms with E-state index in [2.05, 4.69) is 4.99 Å². The Kier molecular flexibility index (Phi) is 9.69. The monoisotopic (exact) mass is 527 g/mol. The number of rotatable bonds is 10. The standard InChI is InChI=1S/C28H34ClN3O5/c1-6-36-23-13-11-20(12-14-23)26(33)31(5)15-8-16-32-25(21-9-7-10-22(29)17-21)24(19(4)30-28(32)35)27(34)37-18(2)3/h7,9-14,17-18,24-25H,6,8,15-16H2,1-5H3. The van der Waals surface area contributed by atoms with E-state index in [4.69, 9.17) is 21.1 Å². The number of ether oxygens (including phenoxy) is 2. The average molecular weight is 528 g/mol. The van der Waals surface area contributed by atoms with Crippen molar-refractivity contribution in [2.75, 3.05) is 26.7 Å². The van der Waals surface area contributed by atoms with Crippen LogP contribution in [0.4, 0.5) is 4.79 Å². The Bertz CT molecular complexity index is 1150. The number of halogens is 1. The lowest BCUT2D eigenvalue weighted by Gasteiger charge is -2.39. The van der Waals surface area contributed by atoms with E-state index in [9.17, 15) is 14.4 Å². The molecule has 1 aliphatic heterocycles. The highest BCUT2D eigenvalue weighted by molar-refractivity contribution is 6.30. The van der Waals surface area contributed by atoms with Crippen molar-refractivity contribution in [2.24, 2.45) is 10.9 Å². The Morgan fingerprint density at radius 1 is 1.16 bits per heavy atom. The first-order chi connectivity index (χ1) is 17.6. The van der Waals surface area contributed by atoms with Gasteiger partial charge in [-0.1, -0.05) is 23.7 Å². The van der Waals surface area contributed by atoms with Crippen molar-refractivity contribution < 1.29 is 23.9 Å². The summed E-state index contributed by atoms with van der Waals surface area (Å²) in [5.74, 6) is -0.631. The molecule has 2 unspecified atom stereocenters. The second kappa shape index (κ2) is 12.7. The highest BCUT2D eigenvalue weighted by Crippen LogP contribution is 2.36. The molecule has 1 heterocycles. The van der Waals surface area contributed by atoms with Gasteiger partial charge in [0.15, 0.2) is 0 Å². The third-order valence-corrected chi connectivity index (χ3v) is 6.30. The maximum Gasteiger partial charge on any atom is 0.344 e. The van der Waals surface area contributed by atoms with Gasteiger partial charge in [0.05, 0.1) is 18.8 Å². The minimum absolute atomic E-state index is 0.133. The van der Waals surface area contributed by atoms with E-state index in [1.807, 2.05) is 13.0 Å². The summed E-state index contributed by atoms with van der Waals surface area (Å²) in [6.45, 7) is 8.38. The van der Waals surface area contributed by atoms with Gasteiger partial charge >= 0.3 is 12.0 Å². The first-order valence-electron chi connectivity index (χ1n) is 12.4. The van der Waals surface area contributed by atoms with E-state index in [1.54, 1.807) is 80.1 Å². The van der Waals surface area contributed by atoms with Crippen molar-refractivity contribution in [3.8, 4) is 5.75 Å². The van der Waals surface area contributed by atoms with Gasteiger partial charge in [0, 0.05) is 36.4 Å². The SMILES string of the molecule is CCOc1ccc(C(=O)N(C)CCCN2C(=O)N=C(C)C(C(=O)OC(C)C)C2c2cccc(Cl)c2)cc1. The summed E-state index contributed by atoms with van der Waals surface area (Å²) in [5.41, 5.74) is 1.67. The largest absolute Gasteiger partial charge is 0.494 e. The Balaban J connectivity index is 1.77. The molecule has 0 aliphatic carbocycles. The summed E-state index contributed by atoms with van der Waals surface area (Å²) >= 11 is 6.26. The second-order valence-corrected chi connectivity index (χ2v) is 9.67. The van der Waals surface area contributed by atoms with Gasteiger partial charge in [-0.05, 0) is 76.1 Å². The van der Waals surface area contributed by atoms with Crippen LogP contribution >= 0.6 is 11.6 Å². The minimum Gasteiger partial charge on any atom is -0.494 e. The number of benzene rings is 2. The van der Waals surface area contributed by atoms with Crippen LogP contribution < -0.4 is 4.74 Å². The van der Waals surface area contributed by atoms with Crippen molar-refractivity contribution in [1.82, 2.24) is 9.80 Å². The number of aliphatic imine (C=N–C) groups is 1. The quantitative estimate of drug-likeness (QED) is 0.386. The fourth-order valence-corrected chi connectivity index (χ4v) is 4.57. The molecule has 37 heavy (non-hydrogen) atoms. The van der Waals surface area contributed by atoms with Crippen LogP contribution in [0, 0.1) is 5.92 Å². The number of hydrogen-bond donors (Lipinski definition) is 0. The highest BCUT2D eigenvalue weighted by Gasteiger charge is 2.43.